The average Bonchev–Trinajstić information content (AvgIpc) is 3.31. The SMILES string of the molecule is [2H]C([2H])([2H])N1C=c2cccc(OC(F)F)c2=C2C[C@@H]1c1nc3ccc(C#CC4CCCNC4)cc3n12. The summed E-state index contributed by atoms with van der Waals surface area (Å²) in [5.74, 6) is 7.50. The maximum Gasteiger partial charge on any atom is 0.387 e. The molecule has 1 N–H and O–H groups in total. The Hall–Kier alpha value is -3.37. The molecule has 3 aliphatic heterocycles. The maximum absolute atomic E-state index is 13.3. The Morgan fingerprint density at radius 2 is 2.24 bits per heavy atom. The first-order valence-corrected chi connectivity index (χ1v) is 11.1. The zero-order valence-electron chi connectivity index (χ0n) is 20.8. The van der Waals surface area contributed by atoms with Crippen LogP contribution in [0.2, 0.25) is 0 Å². The van der Waals surface area contributed by atoms with Crippen LogP contribution in [0.25, 0.3) is 22.9 Å². The number of alkyl halides is 2. The first-order valence-electron chi connectivity index (χ1n) is 12.6. The highest BCUT2D eigenvalue weighted by molar-refractivity contribution is 5.83. The largest absolute Gasteiger partial charge is 0.434 e. The highest BCUT2D eigenvalue weighted by Gasteiger charge is 2.35. The van der Waals surface area contributed by atoms with Gasteiger partial charge in [0.05, 0.1) is 17.1 Å². The number of benzene rings is 2. The van der Waals surface area contributed by atoms with E-state index in [1.807, 2.05) is 22.8 Å². The third-order valence-corrected chi connectivity index (χ3v) is 6.53. The smallest absolute Gasteiger partial charge is 0.387 e. The standard InChI is InChI=1S/C26H24F2N4O/c1-31-15-18-5-2-6-23(33-26(27)28)24(18)21-13-22(31)25-30-19-10-9-16(12-20(19)32(21)25)7-8-17-4-3-11-29-14-17/h2,5-6,9-10,12,15,17,22,26,29H,3-4,11,13-14H2,1H3/t17?,22-/m1/s1/i1D3. The van der Waals surface area contributed by atoms with E-state index in [1.54, 1.807) is 12.1 Å². The Morgan fingerprint density at radius 3 is 3.06 bits per heavy atom. The number of fused-ring (bicyclic) bond motifs is 8. The molecular weight excluding hydrogens is 422 g/mol. The molecule has 1 aromatic heterocycles. The number of nitrogens with one attached hydrogen (secondary N) is 1. The second-order valence-corrected chi connectivity index (χ2v) is 8.62. The molecule has 1 fully saturated rings. The Labute approximate surface area is 194 Å². The van der Waals surface area contributed by atoms with Crippen LogP contribution in [-0.2, 0) is 0 Å². The summed E-state index contributed by atoms with van der Waals surface area (Å²) >= 11 is 0. The van der Waals surface area contributed by atoms with Crippen molar-refractivity contribution < 1.29 is 17.6 Å². The van der Waals surface area contributed by atoms with E-state index >= 15 is 0 Å². The molecule has 7 heteroatoms. The van der Waals surface area contributed by atoms with Crippen LogP contribution >= 0.6 is 0 Å². The van der Waals surface area contributed by atoms with Crippen molar-refractivity contribution in [3.05, 3.63) is 58.2 Å². The van der Waals surface area contributed by atoms with Gasteiger partial charge >= 0.3 is 6.61 Å². The summed E-state index contributed by atoms with van der Waals surface area (Å²) in [6, 6.07) is 9.95. The number of aromatic nitrogens is 2. The molecule has 3 aliphatic rings. The quantitative estimate of drug-likeness (QED) is 0.611. The van der Waals surface area contributed by atoms with Crippen molar-refractivity contribution in [1.29, 1.82) is 0 Å². The van der Waals surface area contributed by atoms with E-state index in [4.69, 9.17) is 13.8 Å². The molecule has 4 heterocycles. The lowest BCUT2D eigenvalue weighted by Gasteiger charge is -2.20. The van der Waals surface area contributed by atoms with Crippen LogP contribution in [0, 0.1) is 17.8 Å². The number of halogens is 2. The Morgan fingerprint density at radius 1 is 1.30 bits per heavy atom. The molecule has 2 atom stereocenters. The van der Waals surface area contributed by atoms with Crippen molar-refractivity contribution in [2.75, 3.05) is 20.1 Å². The molecule has 0 aliphatic carbocycles. The summed E-state index contributed by atoms with van der Waals surface area (Å²) in [7, 11) is 0. The number of rotatable bonds is 2. The fourth-order valence-electron chi connectivity index (χ4n) is 5.04. The molecule has 2 bridgehead atoms. The fraction of sp³-hybridized carbons (Fsp3) is 0.346. The molecule has 0 spiro atoms. The van der Waals surface area contributed by atoms with Crippen LogP contribution < -0.4 is 20.5 Å². The summed E-state index contributed by atoms with van der Waals surface area (Å²) in [6.07, 6.45) is 3.98. The zero-order valence-corrected chi connectivity index (χ0v) is 17.8. The summed E-state index contributed by atoms with van der Waals surface area (Å²) < 4.78 is 57.8. The molecule has 3 aromatic rings. The Bertz CT molecular complexity index is 1530. The van der Waals surface area contributed by atoms with Crippen molar-refractivity contribution >= 4 is 22.9 Å². The summed E-state index contributed by atoms with van der Waals surface area (Å²) in [5.41, 5.74) is 2.97. The molecule has 0 radical (unpaired) electrons. The van der Waals surface area contributed by atoms with Crippen molar-refractivity contribution in [2.24, 2.45) is 5.92 Å². The Balaban J connectivity index is 1.58. The molecule has 2 aromatic carbocycles. The van der Waals surface area contributed by atoms with Crippen molar-refractivity contribution in [3.63, 3.8) is 0 Å². The number of hydrogen-bond acceptors (Lipinski definition) is 4. The first kappa shape index (κ1) is 17.2. The molecule has 33 heavy (non-hydrogen) atoms. The third kappa shape index (κ3) is 3.46. The molecule has 6 rings (SSSR count). The molecule has 1 unspecified atom stereocenters. The van der Waals surface area contributed by atoms with Gasteiger partial charge in [0.2, 0.25) is 0 Å². The number of nitrogens with zero attached hydrogens (tertiary/aromatic N) is 3. The minimum Gasteiger partial charge on any atom is -0.434 e. The first-order chi connectivity index (χ1) is 17.3. The predicted octanol–water partition coefficient (Wildman–Crippen LogP) is 2.77. The van der Waals surface area contributed by atoms with Crippen molar-refractivity contribution in [3.8, 4) is 17.6 Å². The van der Waals surface area contributed by atoms with Gasteiger partial charge < -0.3 is 15.0 Å². The van der Waals surface area contributed by atoms with Crippen LogP contribution in [0.4, 0.5) is 8.78 Å². The van der Waals surface area contributed by atoms with Gasteiger partial charge in [-0.25, -0.2) is 4.98 Å². The number of imidazole rings is 1. The van der Waals surface area contributed by atoms with E-state index in [2.05, 4.69) is 17.2 Å². The highest BCUT2D eigenvalue weighted by Crippen LogP contribution is 2.40. The Kier molecular flexibility index (Phi) is 4.10. The van der Waals surface area contributed by atoms with E-state index in [1.165, 1.54) is 17.2 Å². The second kappa shape index (κ2) is 7.89. The van der Waals surface area contributed by atoms with Gasteiger partial charge in [0.1, 0.15) is 11.6 Å². The zero-order chi connectivity index (χ0) is 25.0. The lowest BCUT2D eigenvalue weighted by Crippen LogP contribution is -2.32. The van der Waals surface area contributed by atoms with E-state index in [9.17, 15) is 8.78 Å². The maximum atomic E-state index is 13.3. The van der Waals surface area contributed by atoms with Gasteiger partial charge in [0, 0.05) is 57.9 Å². The van der Waals surface area contributed by atoms with Gasteiger partial charge in [-0.3, -0.25) is 4.57 Å². The second-order valence-electron chi connectivity index (χ2n) is 8.62. The lowest BCUT2D eigenvalue weighted by molar-refractivity contribution is -0.0505. The molecule has 0 amide bonds. The summed E-state index contributed by atoms with van der Waals surface area (Å²) in [5, 5.41) is 4.33. The summed E-state index contributed by atoms with van der Waals surface area (Å²) in [4.78, 5) is 6.08. The van der Waals surface area contributed by atoms with Crippen molar-refractivity contribution in [2.45, 2.75) is 31.9 Å². The molecular formula is C26H24F2N4O. The van der Waals surface area contributed by atoms with Crippen molar-refractivity contribution in [1.82, 2.24) is 19.8 Å². The highest BCUT2D eigenvalue weighted by atomic mass is 19.3. The summed E-state index contributed by atoms with van der Waals surface area (Å²) in [6.45, 7) is -3.56. The normalized spacial score (nSPS) is 22.9. The number of piperidine rings is 1. The minimum atomic E-state index is -3.01. The van der Waals surface area contributed by atoms with Gasteiger partial charge in [0.15, 0.2) is 0 Å². The topological polar surface area (TPSA) is 42.3 Å². The number of hydrogen-bond donors (Lipinski definition) is 1. The fourth-order valence-corrected chi connectivity index (χ4v) is 5.04. The number of ether oxygens (including phenoxy) is 1. The average molecular weight is 450 g/mol. The van der Waals surface area contributed by atoms with Crippen LogP contribution in [0.5, 0.6) is 5.75 Å². The van der Waals surface area contributed by atoms with Gasteiger partial charge in [-0.05, 0) is 43.7 Å². The van der Waals surface area contributed by atoms with E-state index in [0.717, 1.165) is 37.0 Å². The molecule has 1 saturated heterocycles. The van der Waals surface area contributed by atoms with Gasteiger partial charge in [-0.1, -0.05) is 24.0 Å². The molecule has 5 nitrogen and oxygen atoms in total. The van der Waals surface area contributed by atoms with E-state index in [-0.39, 0.29) is 5.75 Å². The lowest BCUT2D eigenvalue weighted by atomic mass is 10.00. The van der Waals surface area contributed by atoms with Crippen LogP contribution in [0.3, 0.4) is 0 Å². The van der Waals surface area contributed by atoms with E-state index < -0.39 is 19.6 Å². The third-order valence-electron chi connectivity index (χ3n) is 6.53. The monoisotopic (exact) mass is 449 g/mol. The van der Waals surface area contributed by atoms with Crippen LogP contribution in [-0.4, -0.2) is 41.1 Å². The molecule has 168 valence electrons. The predicted molar refractivity (Wildman–Crippen MR) is 123 cm³/mol. The van der Waals surface area contributed by atoms with Crippen LogP contribution in [0.1, 0.15) is 40.8 Å². The minimum absolute atomic E-state index is 0.00957. The molecule has 0 saturated carbocycles. The van der Waals surface area contributed by atoms with Crippen LogP contribution in [0.15, 0.2) is 36.4 Å². The van der Waals surface area contributed by atoms with Gasteiger partial charge in [-0.2, -0.15) is 8.78 Å². The van der Waals surface area contributed by atoms with E-state index in [0.29, 0.717) is 39.8 Å². The van der Waals surface area contributed by atoms with Gasteiger partial charge in [-0.15, -0.1) is 0 Å². The van der Waals surface area contributed by atoms with Gasteiger partial charge in [0.25, 0.3) is 0 Å².